The zero-order valence-electron chi connectivity index (χ0n) is 8.48. The molecule has 0 saturated carbocycles. The number of hydrogen-bond acceptors (Lipinski definition) is 3. The first-order chi connectivity index (χ1) is 7.31. The maximum Gasteiger partial charge on any atom is 0.250 e. The fourth-order valence-corrected chi connectivity index (χ4v) is 1.87. The highest BCUT2D eigenvalue weighted by atomic mass is 16.6. The molecule has 1 aromatic rings. The van der Waals surface area contributed by atoms with Gasteiger partial charge in [-0.3, -0.25) is 9.63 Å². The normalized spacial score (nSPS) is 14.9. The van der Waals surface area contributed by atoms with Gasteiger partial charge in [-0.2, -0.15) is 0 Å². The average Bonchev–Trinajstić information content (AvgIpc) is 2.29. The summed E-state index contributed by atoms with van der Waals surface area (Å²) >= 11 is 0. The van der Waals surface area contributed by atoms with E-state index in [1.165, 1.54) is 11.1 Å². The second-order valence-electron chi connectivity index (χ2n) is 3.65. The summed E-state index contributed by atoms with van der Waals surface area (Å²) in [5.41, 5.74) is 2.55. The van der Waals surface area contributed by atoms with Gasteiger partial charge in [0, 0.05) is 13.1 Å². The van der Waals surface area contributed by atoms with Gasteiger partial charge in [0.2, 0.25) is 0 Å². The van der Waals surface area contributed by atoms with Crippen molar-refractivity contribution < 1.29 is 9.63 Å². The lowest BCUT2D eigenvalue weighted by Gasteiger charge is -2.28. The van der Waals surface area contributed by atoms with E-state index in [-0.39, 0.29) is 12.5 Å². The summed E-state index contributed by atoms with van der Waals surface area (Å²) in [4.78, 5) is 17.7. The molecule has 0 unspecified atom stereocenters. The molecule has 0 aromatic heterocycles. The SMILES string of the molecule is NOCC(=O)N1CCc2ccccc2C1. The Kier molecular flexibility index (Phi) is 2.99. The van der Waals surface area contributed by atoms with E-state index in [2.05, 4.69) is 17.0 Å². The molecule has 0 atom stereocenters. The maximum atomic E-state index is 11.5. The van der Waals surface area contributed by atoms with Crippen molar-refractivity contribution in [3.8, 4) is 0 Å². The van der Waals surface area contributed by atoms with Crippen LogP contribution in [-0.4, -0.2) is 24.0 Å². The molecule has 2 N–H and O–H groups in total. The molecule has 0 aliphatic carbocycles. The highest BCUT2D eigenvalue weighted by molar-refractivity contribution is 5.77. The third-order valence-corrected chi connectivity index (χ3v) is 2.69. The number of amides is 1. The molecule has 2 rings (SSSR count). The number of rotatable bonds is 2. The van der Waals surface area contributed by atoms with E-state index in [0.717, 1.165) is 13.0 Å². The lowest BCUT2D eigenvalue weighted by Crippen LogP contribution is -2.38. The molecule has 0 bridgehead atoms. The Morgan fingerprint density at radius 3 is 2.87 bits per heavy atom. The highest BCUT2D eigenvalue weighted by Crippen LogP contribution is 2.18. The first kappa shape index (κ1) is 10.1. The first-order valence-corrected chi connectivity index (χ1v) is 4.97. The summed E-state index contributed by atoms with van der Waals surface area (Å²) in [6.07, 6.45) is 0.909. The van der Waals surface area contributed by atoms with Gasteiger partial charge >= 0.3 is 0 Å². The van der Waals surface area contributed by atoms with Gasteiger partial charge in [0.25, 0.3) is 5.91 Å². The van der Waals surface area contributed by atoms with Gasteiger partial charge in [0.05, 0.1) is 0 Å². The average molecular weight is 206 g/mol. The number of benzene rings is 1. The number of carbonyl (C=O) groups is 1. The summed E-state index contributed by atoms with van der Waals surface area (Å²) in [5.74, 6) is 4.83. The predicted molar refractivity (Wildman–Crippen MR) is 55.7 cm³/mol. The van der Waals surface area contributed by atoms with Gasteiger partial charge in [0.15, 0.2) is 0 Å². The minimum Gasteiger partial charge on any atom is -0.336 e. The van der Waals surface area contributed by atoms with Crippen LogP contribution in [0.1, 0.15) is 11.1 Å². The van der Waals surface area contributed by atoms with Gasteiger partial charge in [-0.25, -0.2) is 5.90 Å². The number of nitrogens with two attached hydrogens (primary N) is 1. The van der Waals surface area contributed by atoms with Crippen LogP contribution in [0.4, 0.5) is 0 Å². The van der Waals surface area contributed by atoms with Crippen LogP contribution in [0.3, 0.4) is 0 Å². The molecular formula is C11H14N2O2. The van der Waals surface area contributed by atoms with Crippen LogP contribution in [0.15, 0.2) is 24.3 Å². The smallest absolute Gasteiger partial charge is 0.250 e. The molecule has 80 valence electrons. The zero-order chi connectivity index (χ0) is 10.7. The lowest BCUT2D eigenvalue weighted by atomic mass is 10.00. The zero-order valence-corrected chi connectivity index (χ0v) is 8.48. The van der Waals surface area contributed by atoms with Crippen molar-refractivity contribution in [3.63, 3.8) is 0 Å². The van der Waals surface area contributed by atoms with Crippen LogP contribution in [0.5, 0.6) is 0 Å². The molecule has 1 aliphatic rings. The van der Waals surface area contributed by atoms with E-state index in [0.29, 0.717) is 6.54 Å². The second-order valence-corrected chi connectivity index (χ2v) is 3.65. The standard InChI is InChI=1S/C11H14N2O2/c12-15-8-11(14)13-6-5-9-3-1-2-4-10(9)7-13/h1-4H,5-8,12H2. The van der Waals surface area contributed by atoms with Crippen LogP contribution < -0.4 is 5.90 Å². The van der Waals surface area contributed by atoms with Gasteiger partial charge < -0.3 is 4.90 Å². The number of fused-ring (bicyclic) bond motifs is 1. The summed E-state index contributed by atoms with van der Waals surface area (Å²) in [6.45, 7) is 1.37. The summed E-state index contributed by atoms with van der Waals surface area (Å²) in [5, 5.41) is 0. The molecule has 0 spiro atoms. The van der Waals surface area contributed by atoms with Crippen molar-refractivity contribution in [1.29, 1.82) is 0 Å². The molecular weight excluding hydrogens is 192 g/mol. The Hall–Kier alpha value is -1.39. The monoisotopic (exact) mass is 206 g/mol. The van der Waals surface area contributed by atoms with Crippen molar-refractivity contribution in [2.75, 3.05) is 13.2 Å². The second kappa shape index (κ2) is 4.42. The van der Waals surface area contributed by atoms with E-state index < -0.39 is 0 Å². The molecule has 1 amide bonds. The van der Waals surface area contributed by atoms with Crippen molar-refractivity contribution in [3.05, 3.63) is 35.4 Å². The Morgan fingerprint density at radius 1 is 1.40 bits per heavy atom. The van der Waals surface area contributed by atoms with E-state index in [1.54, 1.807) is 4.90 Å². The molecule has 4 heteroatoms. The van der Waals surface area contributed by atoms with Gasteiger partial charge in [-0.05, 0) is 17.5 Å². The van der Waals surface area contributed by atoms with Crippen LogP contribution in [0.25, 0.3) is 0 Å². The molecule has 1 aromatic carbocycles. The molecule has 0 fully saturated rings. The fraction of sp³-hybridized carbons (Fsp3) is 0.364. The maximum absolute atomic E-state index is 11.5. The molecule has 0 radical (unpaired) electrons. The number of nitrogens with zero attached hydrogens (tertiary/aromatic N) is 1. The largest absolute Gasteiger partial charge is 0.336 e. The minimum atomic E-state index is -0.0491. The van der Waals surface area contributed by atoms with Crippen LogP contribution >= 0.6 is 0 Å². The third-order valence-electron chi connectivity index (χ3n) is 2.69. The quantitative estimate of drug-likeness (QED) is 0.715. The van der Waals surface area contributed by atoms with E-state index in [4.69, 9.17) is 5.90 Å². The summed E-state index contributed by atoms with van der Waals surface area (Å²) in [6, 6.07) is 8.18. The van der Waals surface area contributed by atoms with Crippen molar-refractivity contribution in [2.45, 2.75) is 13.0 Å². The van der Waals surface area contributed by atoms with Crippen molar-refractivity contribution in [2.24, 2.45) is 5.90 Å². The Morgan fingerprint density at radius 2 is 2.13 bits per heavy atom. The van der Waals surface area contributed by atoms with E-state index in [9.17, 15) is 4.79 Å². The molecule has 1 aliphatic heterocycles. The Balaban J connectivity index is 2.08. The minimum absolute atomic E-state index is 0.0395. The van der Waals surface area contributed by atoms with Crippen LogP contribution in [0.2, 0.25) is 0 Å². The first-order valence-electron chi connectivity index (χ1n) is 4.97. The Bertz CT molecular complexity index is 365. The molecule has 1 heterocycles. The number of hydrogen-bond donors (Lipinski definition) is 1. The Labute approximate surface area is 88.6 Å². The molecule has 4 nitrogen and oxygen atoms in total. The number of carbonyl (C=O) groups excluding carboxylic acids is 1. The van der Waals surface area contributed by atoms with Crippen LogP contribution in [0, 0.1) is 0 Å². The van der Waals surface area contributed by atoms with E-state index >= 15 is 0 Å². The molecule has 0 saturated heterocycles. The van der Waals surface area contributed by atoms with Gasteiger partial charge in [-0.1, -0.05) is 24.3 Å². The highest BCUT2D eigenvalue weighted by Gasteiger charge is 2.19. The van der Waals surface area contributed by atoms with E-state index in [1.807, 2.05) is 12.1 Å². The van der Waals surface area contributed by atoms with Gasteiger partial charge in [0.1, 0.15) is 6.61 Å². The molecule has 15 heavy (non-hydrogen) atoms. The topological polar surface area (TPSA) is 55.6 Å². The van der Waals surface area contributed by atoms with Crippen molar-refractivity contribution in [1.82, 2.24) is 4.90 Å². The lowest BCUT2D eigenvalue weighted by molar-refractivity contribution is -0.137. The summed E-state index contributed by atoms with van der Waals surface area (Å²) in [7, 11) is 0. The summed E-state index contributed by atoms with van der Waals surface area (Å²) < 4.78 is 0. The third kappa shape index (κ3) is 2.16. The fourth-order valence-electron chi connectivity index (χ4n) is 1.87. The van der Waals surface area contributed by atoms with Crippen molar-refractivity contribution >= 4 is 5.91 Å². The van der Waals surface area contributed by atoms with Gasteiger partial charge in [-0.15, -0.1) is 0 Å². The predicted octanol–water partition coefficient (Wildman–Crippen LogP) is 0.462. The van der Waals surface area contributed by atoms with Crippen LogP contribution in [-0.2, 0) is 22.6 Å².